The molecule has 0 atom stereocenters. The predicted octanol–water partition coefficient (Wildman–Crippen LogP) is 6.71. The molecule has 4 aromatic carbocycles. The molecule has 192 valence electrons. The zero-order valence-corrected chi connectivity index (χ0v) is 22.2. The molecular weight excluding hydrogens is 468 g/mol. The number of ether oxygens (including phenoxy) is 1. The Morgan fingerprint density at radius 3 is 1.66 bits per heavy atom. The summed E-state index contributed by atoms with van der Waals surface area (Å²) in [6.45, 7) is 0. The molecule has 5 nitrogen and oxygen atoms in total. The first-order valence-corrected chi connectivity index (χ1v) is 12.8. The second kappa shape index (κ2) is 10.8. The minimum absolute atomic E-state index is 0.804. The van der Waals surface area contributed by atoms with Crippen molar-refractivity contribution in [2.24, 2.45) is 14.1 Å². The molecule has 0 aliphatic rings. The van der Waals surface area contributed by atoms with Gasteiger partial charge in [-0.05, 0) is 58.7 Å². The van der Waals surface area contributed by atoms with Crippen LogP contribution in [-0.4, -0.2) is 16.2 Å². The van der Waals surface area contributed by atoms with Gasteiger partial charge in [0.2, 0.25) is 0 Å². The van der Waals surface area contributed by atoms with E-state index in [0.29, 0.717) is 0 Å². The number of rotatable bonds is 5. The molecule has 0 saturated heterocycles. The molecule has 2 heterocycles. The minimum Gasteiger partial charge on any atom is -0.497 e. The first kappa shape index (κ1) is 25.0. The molecule has 0 unspecified atom stereocenters. The van der Waals surface area contributed by atoms with E-state index in [4.69, 9.17) is 16.2 Å². The van der Waals surface area contributed by atoms with Gasteiger partial charge in [0.15, 0.2) is 0 Å². The predicted molar refractivity (Wildman–Crippen MR) is 160 cm³/mol. The third-order valence-corrected chi connectivity index (χ3v) is 7.13. The number of nitrogen functional groups attached to an aromatic ring is 2. The topological polar surface area (TPSA) is 71.1 Å². The Morgan fingerprint density at radius 2 is 1.08 bits per heavy atom. The highest BCUT2D eigenvalue weighted by Gasteiger charge is 2.10. The van der Waals surface area contributed by atoms with Gasteiger partial charge in [0.1, 0.15) is 5.75 Å². The summed E-state index contributed by atoms with van der Waals surface area (Å²) >= 11 is 0. The number of para-hydroxylation sites is 3. The smallest absolute Gasteiger partial charge is 0.119 e. The Balaban J connectivity index is 0.000000156. The van der Waals surface area contributed by atoms with Crippen molar-refractivity contribution in [1.29, 1.82) is 0 Å². The zero-order valence-electron chi connectivity index (χ0n) is 22.2. The summed E-state index contributed by atoms with van der Waals surface area (Å²) in [7, 11) is 5.83. The Morgan fingerprint density at radius 1 is 0.579 bits per heavy atom. The molecule has 2 aromatic heterocycles. The summed E-state index contributed by atoms with van der Waals surface area (Å²) in [6, 6.07) is 30.8. The number of aromatic nitrogens is 2. The highest BCUT2D eigenvalue weighted by Crippen LogP contribution is 2.27. The molecule has 0 amide bonds. The van der Waals surface area contributed by atoms with Crippen LogP contribution in [0, 0.1) is 0 Å². The van der Waals surface area contributed by atoms with Crippen LogP contribution >= 0.6 is 0 Å². The van der Waals surface area contributed by atoms with Crippen LogP contribution in [0.2, 0.25) is 0 Å². The Hall–Kier alpha value is -4.64. The maximum Gasteiger partial charge on any atom is 0.119 e. The van der Waals surface area contributed by atoms with Gasteiger partial charge in [-0.25, -0.2) is 0 Å². The second-order valence-electron chi connectivity index (χ2n) is 9.68. The van der Waals surface area contributed by atoms with Gasteiger partial charge >= 0.3 is 0 Å². The lowest BCUT2D eigenvalue weighted by atomic mass is 10.0. The average molecular weight is 503 g/mol. The van der Waals surface area contributed by atoms with Gasteiger partial charge in [-0.15, -0.1) is 0 Å². The van der Waals surface area contributed by atoms with Crippen LogP contribution in [-0.2, 0) is 26.9 Å². The summed E-state index contributed by atoms with van der Waals surface area (Å²) in [5.74, 6) is 0.842. The van der Waals surface area contributed by atoms with E-state index in [2.05, 4.69) is 90.2 Å². The summed E-state index contributed by atoms with van der Waals surface area (Å²) < 4.78 is 9.60. The first-order chi connectivity index (χ1) is 18.4. The van der Waals surface area contributed by atoms with Crippen LogP contribution in [0.4, 0.5) is 11.4 Å². The molecule has 0 spiro atoms. The fourth-order valence-electron chi connectivity index (χ4n) is 5.10. The van der Waals surface area contributed by atoms with Crippen LogP contribution in [0.25, 0.3) is 21.8 Å². The molecule has 0 aliphatic carbocycles. The van der Waals surface area contributed by atoms with E-state index in [-0.39, 0.29) is 0 Å². The summed E-state index contributed by atoms with van der Waals surface area (Å²) in [6.07, 6.45) is 6.05. The zero-order chi connectivity index (χ0) is 26.6. The highest BCUT2D eigenvalue weighted by atomic mass is 16.5. The van der Waals surface area contributed by atoms with Crippen LogP contribution in [0.1, 0.15) is 22.3 Å². The number of nitrogens with zero attached hydrogens (tertiary/aromatic N) is 2. The SMILES string of the molecule is COc1ccc(N)c(Cc2cn(C)c3ccccc23)c1.Cn1cc(Cc2ccccc2N)c2ccccc21. The Labute approximate surface area is 223 Å². The standard InChI is InChI=1S/C17H18N2O.C16H16N2/c1-19-11-13(15-5-3-4-6-17(15)19)9-12-10-14(20-2)7-8-16(12)18;1-18-11-13(14-7-3-5-9-16(14)18)10-12-6-2-4-8-15(12)17/h3-8,10-11H,9,18H2,1-2H3;2-9,11H,10,17H2,1H3. The number of hydrogen-bond acceptors (Lipinski definition) is 3. The van der Waals surface area contributed by atoms with E-state index in [1.165, 1.54) is 38.5 Å². The van der Waals surface area contributed by atoms with Gasteiger partial charge in [0, 0.05) is 72.5 Å². The van der Waals surface area contributed by atoms with E-state index >= 15 is 0 Å². The number of aryl methyl sites for hydroxylation is 2. The second-order valence-corrected chi connectivity index (χ2v) is 9.68. The van der Waals surface area contributed by atoms with Crippen molar-refractivity contribution in [3.05, 3.63) is 126 Å². The average Bonchev–Trinajstić information content (AvgIpc) is 3.43. The van der Waals surface area contributed by atoms with E-state index in [9.17, 15) is 0 Å². The molecule has 0 aliphatic heterocycles. The molecule has 0 radical (unpaired) electrons. The van der Waals surface area contributed by atoms with Crippen LogP contribution in [0.5, 0.6) is 5.75 Å². The Kier molecular flexibility index (Phi) is 7.09. The molecular formula is C33H34N4O. The molecule has 6 rings (SSSR count). The fraction of sp³-hybridized carbons (Fsp3) is 0.152. The van der Waals surface area contributed by atoms with E-state index in [0.717, 1.165) is 35.5 Å². The normalized spacial score (nSPS) is 10.9. The van der Waals surface area contributed by atoms with Gasteiger partial charge in [-0.3, -0.25) is 0 Å². The monoisotopic (exact) mass is 502 g/mol. The van der Waals surface area contributed by atoms with Gasteiger partial charge in [0.25, 0.3) is 0 Å². The molecule has 0 saturated carbocycles. The number of methoxy groups -OCH3 is 1. The number of hydrogen-bond donors (Lipinski definition) is 2. The molecule has 0 bridgehead atoms. The van der Waals surface area contributed by atoms with Crippen molar-refractivity contribution in [1.82, 2.24) is 9.13 Å². The molecule has 5 heteroatoms. The molecule has 4 N–H and O–H groups in total. The van der Waals surface area contributed by atoms with Crippen molar-refractivity contribution < 1.29 is 4.74 Å². The van der Waals surface area contributed by atoms with Crippen LogP contribution in [0.3, 0.4) is 0 Å². The highest BCUT2D eigenvalue weighted by molar-refractivity contribution is 5.85. The third kappa shape index (κ3) is 5.09. The minimum atomic E-state index is 0.804. The van der Waals surface area contributed by atoms with Gasteiger partial charge in [0.05, 0.1) is 7.11 Å². The summed E-state index contributed by atoms with van der Waals surface area (Å²) in [4.78, 5) is 0. The quantitative estimate of drug-likeness (QED) is 0.257. The van der Waals surface area contributed by atoms with Crippen molar-refractivity contribution >= 4 is 33.2 Å². The third-order valence-electron chi connectivity index (χ3n) is 7.13. The Bertz CT molecular complexity index is 1710. The fourth-order valence-corrected chi connectivity index (χ4v) is 5.10. The lowest BCUT2D eigenvalue weighted by Crippen LogP contribution is -1.96. The summed E-state index contributed by atoms with van der Waals surface area (Å²) in [5.41, 5.74) is 21.2. The maximum atomic E-state index is 6.08. The first-order valence-electron chi connectivity index (χ1n) is 12.8. The lowest BCUT2D eigenvalue weighted by Gasteiger charge is -2.07. The van der Waals surface area contributed by atoms with Crippen molar-refractivity contribution in [3.8, 4) is 5.75 Å². The number of fused-ring (bicyclic) bond motifs is 2. The van der Waals surface area contributed by atoms with E-state index in [1.54, 1.807) is 7.11 Å². The van der Waals surface area contributed by atoms with Crippen LogP contribution in [0.15, 0.2) is 103 Å². The molecule has 6 aromatic rings. The van der Waals surface area contributed by atoms with Crippen molar-refractivity contribution in [2.75, 3.05) is 18.6 Å². The van der Waals surface area contributed by atoms with Crippen molar-refractivity contribution in [3.63, 3.8) is 0 Å². The van der Waals surface area contributed by atoms with Crippen molar-refractivity contribution in [2.45, 2.75) is 12.8 Å². The van der Waals surface area contributed by atoms with Gasteiger partial charge < -0.3 is 25.3 Å². The van der Waals surface area contributed by atoms with Gasteiger partial charge in [-0.2, -0.15) is 0 Å². The van der Waals surface area contributed by atoms with Gasteiger partial charge in [-0.1, -0.05) is 54.6 Å². The number of nitrogens with two attached hydrogens (primary N) is 2. The summed E-state index contributed by atoms with van der Waals surface area (Å²) in [5, 5.41) is 2.58. The maximum absolute atomic E-state index is 6.08. The lowest BCUT2D eigenvalue weighted by molar-refractivity contribution is 0.414. The number of benzene rings is 4. The van der Waals surface area contributed by atoms with E-state index < -0.39 is 0 Å². The largest absolute Gasteiger partial charge is 0.497 e. The molecule has 0 fully saturated rings. The number of anilines is 2. The van der Waals surface area contributed by atoms with E-state index in [1.807, 2.05) is 36.4 Å². The molecule has 38 heavy (non-hydrogen) atoms. The van der Waals surface area contributed by atoms with Crippen LogP contribution < -0.4 is 16.2 Å².